The predicted molar refractivity (Wildman–Crippen MR) is 75.6 cm³/mol. The summed E-state index contributed by atoms with van der Waals surface area (Å²) in [5.74, 6) is 1.60. The summed E-state index contributed by atoms with van der Waals surface area (Å²) >= 11 is 0. The van der Waals surface area contributed by atoms with Gasteiger partial charge in [0, 0.05) is 19.1 Å². The first-order valence-electron chi connectivity index (χ1n) is 7.37. The van der Waals surface area contributed by atoms with E-state index in [9.17, 15) is 0 Å². The van der Waals surface area contributed by atoms with E-state index in [1.165, 1.54) is 44.3 Å². The van der Waals surface area contributed by atoms with Gasteiger partial charge in [-0.15, -0.1) is 0 Å². The molecule has 2 fully saturated rings. The van der Waals surface area contributed by atoms with Gasteiger partial charge in [0.25, 0.3) is 0 Å². The molecule has 0 bridgehead atoms. The van der Waals surface area contributed by atoms with Crippen molar-refractivity contribution in [2.75, 3.05) is 19.6 Å². The highest BCUT2D eigenvalue weighted by atomic mass is 15.2. The molecule has 1 aromatic carbocycles. The van der Waals surface area contributed by atoms with Crippen molar-refractivity contribution in [3.63, 3.8) is 0 Å². The van der Waals surface area contributed by atoms with Crippen LogP contribution in [0, 0.1) is 5.92 Å². The van der Waals surface area contributed by atoms with Gasteiger partial charge in [-0.2, -0.15) is 0 Å². The highest BCUT2D eigenvalue weighted by Gasteiger charge is 2.35. The topological polar surface area (TPSA) is 29.3 Å². The summed E-state index contributed by atoms with van der Waals surface area (Å²) < 4.78 is 0. The highest BCUT2D eigenvalue weighted by Crippen LogP contribution is 2.36. The fraction of sp³-hybridized carbons (Fsp3) is 0.625. The van der Waals surface area contributed by atoms with Crippen LogP contribution in [0.1, 0.15) is 37.2 Å². The third-order valence-corrected chi connectivity index (χ3v) is 4.90. The third-order valence-electron chi connectivity index (χ3n) is 4.90. The molecule has 2 atom stereocenters. The van der Waals surface area contributed by atoms with E-state index in [0.717, 1.165) is 18.4 Å². The van der Waals surface area contributed by atoms with Crippen LogP contribution in [0.25, 0.3) is 0 Å². The van der Waals surface area contributed by atoms with Gasteiger partial charge in [-0.25, -0.2) is 0 Å². The van der Waals surface area contributed by atoms with Crippen LogP contribution >= 0.6 is 0 Å². The molecule has 1 saturated carbocycles. The van der Waals surface area contributed by atoms with Crippen molar-refractivity contribution in [1.29, 1.82) is 0 Å². The van der Waals surface area contributed by atoms with Crippen molar-refractivity contribution in [1.82, 2.24) is 4.90 Å². The molecule has 1 aliphatic heterocycles. The summed E-state index contributed by atoms with van der Waals surface area (Å²) in [4.78, 5) is 2.65. The number of rotatable bonds is 4. The molecule has 0 aromatic heterocycles. The Hall–Kier alpha value is -0.860. The molecule has 1 aliphatic carbocycles. The summed E-state index contributed by atoms with van der Waals surface area (Å²) in [5.41, 5.74) is 7.51. The van der Waals surface area contributed by atoms with Crippen LogP contribution in [-0.2, 0) is 0 Å². The van der Waals surface area contributed by atoms with Crippen LogP contribution in [0.2, 0.25) is 0 Å². The van der Waals surface area contributed by atoms with Crippen LogP contribution < -0.4 is 5.73 Å². The van der Waals surface area contributed by atoms with Crippen LogP contribution in [0.5, 0.6) is 0 Å². The van der Waals surface area contributed by atoms with Crippen molar-refractivity contribution in [3.05, 3.63) is 35.9 Å². The van der Waals surface area contributed by atoms with Gasteiger partial charge in [0.05, 0.1) is 0 Å². The lowest BCUT2D eigenvalue weighted by Gasteiger charge is -2.39. The summed E-state index contributed by atoms with van der Waals surface area (Å²) in [6, 6.07) is 11.6. The second kappa shape index (κ2) is 5.41. The van der Waals surface area contributed by atoms with Gasteiger partial charge in [0.2, 0.25) is 0 Å². The Bertz CT molecular complexity index is 372. The number of likely N-dealkylation sites (tertiary alicyclic amines) is 1. The molecular formula is C16H24N2. The quantitative estimate of drug-likeness (QED) is 0.882. The Kier molecular flexibility index (Phi) is 3.67. The molecule has 2 nitrogen and oxygen atoms in total. The molecular weight excluding hydrogens is 220 g/mol. The number of nitrogens with zero attached hydrogens (tertiary/aromatic N) is 1. The Balaban J connectivity index is 1.63. The smallest absolute Gasteiger partial charge is 0.0246 e. The highest BCUT2D eigenvalue weighted by molar-refractivity contribution is 5.21. The number of nitrogens with two attached hydrogens (primary N) is 1. The zero-order chi connectivity index (χ0) is 12.4. The van der Waals surface area contributed by atoms with Gasteiger partial charge in [-0.3, -0.25) is 4.90 Å². The largest absolute Gasteiger partial charge is 0.329 e. The van der Waals surface area contributed by atoms with E-state index in [2.05, 4.69) is 35.2 Å². The SMILES string of the molecule is NCC(C1CCC1)N1CCC(c2ccccc2)C1. The molecule has 0 spiro atoms. The van der Waals surface area contributed by atoms with Crippen LogP contribution in [0.3, 0.4) is 0 Å². The zero-order valence-corrected chi connectivity index (χ0v) is 11.1. The summed E-state index contributed by atoms with van der Waals surface area (Å²) in [6.45, 7) is 3.28. The van der Waals surface area contributed by atoms with E-state index < -0.39 is 0 Å². The lowest BCUT2D eigenvalue weighted by molar-refractivity contribution is 0.122. The van der Waals surface area contributed by atoms with E-state index in [4.69, 9.17) is 5.73 Å². The zero-order valence-electron chi connectivity index (χ0n) is 11.1. The second-order valence-corrected chi connectivity index (χ2v) is 5.89. The predicted octanol–water partition coefficient (Wildman–Crippen LogP) is 2.60. The van der Waals surface area contributed by atoms with Crippen LogP contribution in [0.4, 0.5) is 0 Å². The average Bonchev–Trinajstić information content (AvgIpc) is 2.84. The van der Waals surface area contributed by atoms with Gasteiger partial charge in [0.1, 0.15) is 0 Å². The average molecular weight is 244 g/mol. The molecule has 2 unspecified atom stereocenters. The first kappa shape index (κ1) is 12.2. The van der Waals surface area contributed by atoms with Crippen LogP contribution in [0.15, 0.2) is 30.3 Å². The Morgan fingerprint density at radius 2 is 1.94 bits per heavy atom. The molecule has 0 amide bonds. The van der Waals surface area contributed by atoms with Crippen molar-refractivity contribution in [2.24, 2.45) is 11.7 Å². The normalized spacial score (nSPS) is 27.1. The summed E-state index contributed by atoms with van der Waals surface area (Å²) in [6.07, 6.45) is 5.51. The minimum Gasteiger partial charge on any atom is -0.329 e. The van der Waals surface area contributed by atoms with Gasteiger partial charge in [0.15, 0.2) is 0 Å². The van der Waals surface area contributed by atoms with E-state index in [1.807, 2.05) is 0 Å². The lowest BCUT2D eigenvalue weighted by Crippen LogP contribution is -2.46. The molecule has 0 radical (unpaired) electrons. The van der Waals surface area contributed by atoms with Gasteiger partial charge < -0.3 is 5.73 Å². The standard InChI is InChI=1S/C16H24N2/c17-11-16(14-7-4-8-14)18-10-9-15(12-18)13-5-2-1-3-6-13/h1-3,5-6,14-16H,4,7-12,17H2. The van der Waals surface area contributed by atoms with Gasteiger partial charge in [-0.1, -0.05) is 36.8 Å². The van der Waals surface area contributed by atoms with Crippen molar-refractivity contribution in [3.8, 4) is 0 Å². The van der Waals surface area contributed by atoms with Crippen molar-refractivity contribution >= 4 is 0 Å². The van der Waals surface area contributed by atoms with Gasteiger partial charge in [-0.05, 0) is 43.2 Å². The summed E-state index contributed by atoms with van der Waals surface area (Å²) in [5, 5.41) is 0. The molecule has 1 aromatic rings. The second-order valence-electron chi connectivity index (χ2n) is 5.89. The number of hydrogen-bond acceptors (Lipinski definition) is 2. The first-order chi connectivity index (χ1) is 8.88. The fourth-order valence-corrected chi connectivity index (χ4v) is 3.55. The Morgan fingerprint density at radius 3 is 2.56 bits per heavy atom. The number of benzene rings is 1. The van der Waals surface area contributed by atoms with E-state index in [1.54, 1.807) is 0 Å². The minimum atomic E-state index is 0.646. The molecule has 2 N–H and O–H groups in total. The molecule has 3 rings (SSSR count). The third kappa shape index (κ3) is 2.32. The molecule has 2 aliphatic rings. The maximum atomic E-state index is 6.01. The Labute approximate surface area is 110 Å². The van der Waals surface area contributed by atoms with E-state index >= 15 is 0 Å². The first-order valence-corrected chi connectivity index (χ1v) is 7.37. The van der Waals surface area contributed by atoms with E-state index in [-0.39, 0.29) is 0 Å². The maximum Gasteiger partial charge on any atom is 0.0246 e. The molecule has 18 heavy (non-hydrogen) atoms. The summed E-state index contributed by atoms with van der Waals surface area (Å²) in [7, 11) is 0. The number of hydrogen-bond donors (Lipinski definition) is 1. The molecule has 1 saturated heterocycles. The lowest BCUT2D eigenvalue weighted by atomic mass is 9.79. The minimum absolute atomic E-state index is 0.646. The van der Waals surface area contributed by atoms with E-state index in [0.29, 0.717) is 6.04 Å². The Morgan fingerprint density at radius 1 is 1.17 bits per heavy atom. The molecule has 2 heteroatoms. The molecule has 1 heterocycles. The van der Waals surface area contributed by atoms with Crippen molar-refractivity contribution < 1.29 is 0 Å². The van der Waals surface area contributed by atoms with Crippen molar-refractivity contribution in [2.45, 2.75) is 37.6 Å². The van der Waals surface area contributed by atoms with Gasteiger partial charge >= 0.3 is 0 Å². The fourth-order valence-electron chi connectivity index (χ4n) is 3.55. The van der Waals surface area contributed by atoms with Crippen LogP contribution in [-0.4, -0.2) is 30.6 Å². The maximum absolute atomic E-state index is 6.01. The monoisotopic (exact) mass is 244 g/mol. The molecule has 98 valence electrons.